The Balaban J connectivity index is 3.14. The van der Waals surface area contributed by atoms with Gasteiger partial charge in [0.15, 0.2) is 0 Å². The SMILES string of the molecule is C=CC(=O)OCC/C=C/CCCCCCCC. The van der Waals surface area contributed by atoms with Crippen molar-refractivity contribution in [2.75, 3.05) is 6.61 Å². The maximum Gasteiger partial charge on any atom is 0.330 e. The van der Waals surface area contributed by atoms with Gasteiger partial charge in [-0.25, -0.2) is 4.79 Å². The number of unbranched alkanes of at least 4 members (excludes halogenated alkanes) is 6. The van der Waals surface area contributed by atoms with Crippen LogP contribution in [0.4, 0.5) is 0 Å². The standard InChI is InChI=1S/C15H26O2/c1-3-5-6-7-8-9-10-11-12-13-14-17-15(16)4-2/h4,11-12H,2-3,5-10,13-14H2,1H3/b12-11+. The van der Waals surface area contributed by atoms with E-state index in [4.69, 9.17) is 4.74 Å². The summed E-state index contributed by atoms with van der Waals surface area (Å²) in [7, 11) is 0. The number of esters is 1. The van der Waals surface area contributed by atoms with E-state index in [1.54, 1.807) is 0 Å². The molecule has 17 heavy (non-hydrogen) atoms. The van der Waals surface area contributed by atoms with Crippen molar-refractivity contribution in [3.8, 4) is 0 Å². The van der Waals surface area contributed by atoms with Crippen LogP contribution in [0, 0.1) is 0 Å². The van der Waals surface area contributed by atoms with Crippen LogP contribution in [0.3, 0.4) is 0 Å². The van der Waals surface area contributed by atoms with Gasteiger partial charge in [-0.3, -0.25) is 0 Å². The molecule has 2 heteroatoms. The van der Waals surface area contributed by atoms with Gasteiger partial charge in [0.05, 0.1) is 6.61 Å². The second-order valence-electron chi connectivity index (χ2n) is 4.19. The van der Waals surface area contributed by atoms with Crippen LogP contribution in [0.15, 0.2) is 24.8 Å². The van der Waals surface area contributed by atoms with Crippen molar-refractivity contribution >= 4 is 5.97 Å². The van der Waals surface area contributed by atoms with Crippen LogP contribution in [-0.2, 0) is 9.53 Å². The van der Waals surface area contributed by atoms with Crippen LogP contribution in [0.5, 0.6) is 0 Å². The lowest BCUT2D eigenvalue weighted by molar-refractivity contribution is -0.137. The third kappa shape index (κ3) is 12.9. The normalized spacial score (nSPS) is 10.6. The predicted molar refractivity (Wildman–Crippen MR) is 72.9 cm³/mol. The Kier molecular flexibility index (Phi) is 12.2. The Labute approximate surface area is 106 Å². The zero-order chi connectivity index (χ0) is 12.8. The van der Waals surface area contributed by atoms with Gasteiger partial charge in [0.2, 0.25) is 0 Å². The van der Waals surface area contributed by atoms with Crippen LogP contribution in [0.2, 0.25) is 0 Å². The van der Waals surface area contributed by atoms with Gasteiger partial charge in [-0.15, -0.1) is 0 Å². The molecule has 0 atom stereocenters. The van der Waals surface area contributed by atoms with E-state index in [0.29, 0.717) is 6.61 Å². The van der Waals surface area contributed by atoms with E-state index in [1.165, 1.54) is 44.6 Å². The first-order valence-corrected chi connectivity index (χ1v) is 6.75. The summed E-state index contributed by atoms with van der Waals surface area (Å²) >= 11 is 0. The molecule has 98 valence electrons. The molecule has 0 heterocycles. The zero-order valence-corrected chi connectivity index (χ0v) is 11.1. The van der Waals surface area contributed by atoms with Crippen LogP contribution in [0.25, 0.3) is 0 Å². The van der Waals surface area contributed by atoms with Crippen molar-refractivity contribution in [1.82, 2.24) is 0 Å². The lowest BCUT2D eigenvalue weighted by Crippen LogP contribution is -2.00. The summed E-state index contributed by atoms with van der Waals surface area (Å²) in [4.78, 5) is 10.7. The van der Waals surface area contributed by atoms with Crippen molar-refractivity contribution < 1.29 is 9.53 Å². The third-order valence-electron chi connectivity index (χ3n) is 2.59. The molecule has 0 amide bonds. The molecule has 0 spiro atoms. The quantitative estimate of drug-likeness (QED) is 0.231. The van der Waals surface area contributed by atoms with E-state index < -0.39 is 0 Å². The Hall–Kier alpha value is -1.05. The summed E-state index contributed by atoms with van der Waals surface area (Å²) in [6, 6.07) is 0. The van der Waals surface area contributed by atoms with Crippen LogP contribution >= 0.6 is 0 Å². The van der Waals surface area contributed by atoms with Gasteiger partial charge in [-0.1, -0.05) is 57.8 Å². The van der Waals surface area contributed by atoms with Gasteiger partial charge in [-0.2, -0.15) is 0 Å². The number of hydrogen-bond acceptors (Lipinski definition) is 2. The molecule has 0 N–H and O–H groups in total. The lowest BCUT2D eigenvalue weighted by atomic mass is 10.1. The highest BCUT2D eigenvalue weighted by Gasteiger charge is 1.92. The maximum absolute atomic E-state index is 10.7. The molecule has 0 aliphatic rings. The molecule has 0 saturated heterocycles. The third-order valence-corrected chi connectivity index (χ3v) is 2.59. The maximum atomic E-state index is 10.7. The molecule has 0 aromatic heterocycles. The largest absolute Gasteiger partial charge is 0.462 e. The average molecular weight is 238 g/mol. The molecule has 0 unspecified atom stereocenters. The van der Waals surface area contributed by atoms with Gasteiger partial charge in [-0.05, 0) is 19.3 Å². The van der Waals surface area contributed by atoms with E-state index in [0.717, 1.165) is 12.8 Å². The van der Waals surface area contributed by atoms with Crippen LogP contribution < -0.4 is 0 Å². The van der Waals surface area contributed by atoms with Crippen molar-refractivity contribution in [3.05, 3.63) is 24.8 Å². The monoisotopic (exact) mass is 238 g/mol. The molecule has 0 bridgehead atoms. The smallest absolute Gasteiger partial charge is 0.330 e. The molecular formula is C15H26O2. The number of carbonyl (C=O) groups is 1. The first kappa shape index (κ1) is 16.0. The molecule has 0 aliphatic heterocycles. The Morgan fingerprint density at radius 1 is 1.06 bits per heavy atom. The molecule has 0 saturated carbocycles. The fourth-order valence-electron chi connectivity index (χ4n) is 1.56. The fourth-order valence-corrected chi connectivity index (χ4v) is 1.56. The second-order valence-corrected chi connectivity index (χ2v) is 4.19. The van der Waals surface area contributed by atoms with E-state index in [2.05, 4.69) is 25.7 Å². The van der Waals surface area contributed by atoms with E-state index in [1.807, 2.05) is 0 Å². The molecule has 0 aliphatic carbocycles. The van der Waals surface area contributed by atoms with Gasteiger partial charge in [0, 0.05) is 6.08 Å². The van der Waals surface area contributed by atoms with Gasteiger partial charge >= 0.3 is 5.97 Å². The molecule has 2 nitrogen and oxygen atoms in total. The minimum Gasteiger partial charge on any atom is -0.462 e. The van der Waals surface area contributed by atoms with Gasteiger partial charge in [0.1, 0.15) is 0 Å². The predicted octanol–water partition coefficient (Wildman–Crippen LogP) is 4.41. The molecule has 0 fully saturated rings. The first-order valence-electron chi connectivity index (χ1n) is 6.75. The fraction of sp³-hybridized carbons (Fsp3) is 0.667. The average Bonchev–Trinajstić information content (AvgIpc) is 2.35. The summed E-state index contributed by atoms with van der Waals surface area (Å²) in [6.45, 7) is 6.03. The van der Waals surface area contributed by atoms with Crippen molar-refractivity contribution in [2.24, 2.45) is 0 Å². The van der Waals surface area contributed by atoms with Crippen molar-refractivity contribution in [3.63, 3.8) is 0 Å². The summed E-state index contributed by atoms with van der Waals surface area (Å²) < 4.78 is 4.85. The number of hydrogen-bond donors (Lipinski definition) is 0. The van der Waals surface area contributed by atoms with Gasteiger partial charge in [0.25, 0.3) is 0 Å². The lowest BCUT2D eigenvalue weighted by Gasteiger charge is -1.98. The second kappa shape index (κ2) is 13.0. The summed E-state index contributed by atoms with van der Waals surface area (Å²) in [5, 5.41) is 0. The minimum atomic E-state index is -0.339. The zero-order valence-electron chi connectivity index (χ0n) is 11.1. The Bertz CT molecular complexity index is 219. The molecule has 0 rings (SSSR count). The molecule has 0 radical (unpaired) electrons. The number of allylic oxidation sites excluding steroid dienone is 1. The Morgan fingerprint density at radius 2 is 1.71 bits per heavy atom. The number of carbonyl (C=O) groups excluding carboxylic acids is 1. The summed E-state index contributed by atoms with van der Waals surface area (Å²) in [5.41, 5.74) is 0. The summed E-state index contributed by atoms with van der Waals surface area (Å²) in [5.74, 6) is -0.339. The highest BCUT2D eigenvalue weighted by molar-refractivity contribution is 5.81. The Morgan fingerprint density at radius 3 is 2.41 bits per heavy atom. The molecular weight excluding hydrogens is 212 g/mol. The minimum absolute atomic E-state index is 0.339. The van der Waals surface area contributed by atoms with Crippen LogP contribution in [0.1, 0.15) is 58.3 Å². The number of ether oxygens (including phenoxy) is 1. The van der Waals surface area contributed by atoms with E-state index >= 15 is 0 Å². The van der Waals surface area contributed by atoms with Crippen molar-refractivity contribution in [2.45, 2.75) is 58.3 Å². The van der Waals surface area contributed by atoms with Crippen molar-refractivity contribution in [1.29, 1.82) is 0 Å². The van der Waals surface area contributed by atoms with E-state index in [9.17, 15) is 4.79 Å². The summed E-state index contributed by atoms with van der Waals surface area (Å²) in [6.07, 6.45) is 15.4. The highest BCUT2D eigenvalue weighted by atomic mass is 16.5. The molecule has 0 aromatic rings. The van der Waals surface area contributed by atoms with Crippen LogP contribution in [-0.4, -0.2) is 12.6 Å². The number of rotatable bonds is 11. The highest BCUT2D eigenvalue weighted by Crippen LogP contribution is 2.07. The van der Waals surface area contributed by atoms with E-state index in [-0.39, 0.29) is 5.97 Å². The van der Waals surface area contributed by atoms with Gasteiger partial charge < -0.3 is 4.74 Å². The first-order chi connectivity index (χ1) is 8.31. The molecule has 0 aromatic carbocycles. The topological polar surface area (TPSA) is 26.3 Å².